The van der Waals surface area contributed by atoms with Gasteiger partial charge in [0.15, 0.2) is 0 Å². The Morgan fingerprint density at radius 1 is 1.10 bits per heavy atom. The molecular weight excluding hydrogens is 250 g/mol. The Morgan fingerprint density at radius 3 is 2.25 bits per heavy atom. The monoisotopic (exact) mass is 266 g/mol. The highest BCUT2D eigenvalue weighted by Gasteiger charge is 2.17. The fourth-order valence-corrected chi connectivity index (χ4v) is 2.03. The molecule has 4 nitrogen and oxygen atoms in total. The maximum atomic E-state index is 10.0. The maximum Gasteiger partial charge on any atom is 0.143 e. The Kier molecular flexibility index (Phi) is 2.74. The fourth-order valence-electron chi connectivity index (χ4n) is 2.03. The topological polar surface area (TPSA) is 50.9 Å². The minimum atomic E-state index is -0.0466. The highest BCUT2D eigenvalue weighted by molar-refractivity contribution is 5.73. The number of fused-ring (bicyclic) bond motifs is 1. The van der Waals surface area contributed by atoms with E-state index in [0.717, 1.165) is 16.6 Å². The Morgan fingerprint density at radius 2 is 1.70 bits per heavy atom. The molecule has 0 fully saturated rings. The summed E-state index contributed by atoms with van der Waals surface area (Å²) in [6.07, 6.45) is 0. The SMILES string of the molecule is CC(C)(C)c1[c]cc(O)c(-n2nc3ccccc3n2)c1. The van der Waals surface area contributed by atoms with Crippen LogP contribution in [0.1, 0.15) is 26.3 Å². The van der Waals surface area contributed by atoms with E-state index in [1.807, 2.05) is 30.3 Å². The van der Waals surface area contributed by atoms with E-state index in [1.165, 1.54) is 4.80 Å². The van der Waals surface area contributed by atoms with Crippen molar-refractivity contribution in [2.45, 2.75) is 26.2 Å². The van der Waals surface area contributed by atoms with Crippen LogP contribution < -0.4 is 0 Å². The number of aromatic hydroxyl groups is 1. The average Bonchev–Trinajstić information content (AvgIpc) is 2.81. The van der Waals surface area contributed by atoms with Gasteiger partial charge >= 0.3 is 0 Å². The second kappa shape index (κ2) is 4.34. The molecule has 0 amide bonds. The molecule has 0 bridgehead atoms. The van der Waals surface area contributed by atoms with Crippen molar-refractivity contribution in [3.8, 4) is 11.4 Å². The molecule has 3 aromatic rings. The lowest BCUT2D eigenvalue weighted by Crippen LogP contribution is -2.12. The summed E-state index contributed by atoms with van der Waals surface area (Å²) in [4.78, 5) is 1.48. The molecule has 1 radical (unpaired) electrons. The molecule has 4 heteroatoms. The predicted octanol–water partition coefficient (Wildman–Crippen LogP) is 3.22. The highest BCUT2D eigenvalue weighted by Crippen LogP contribution is 2.29. The molecule has 0 saturated heterocycles. The molecule has 3 rings (SSSR count). The molecule has 0 atom stereocenters. The lowest BCUT2D eigenvalue weighted by molar-refractivity contribution is 0.466. The molecular formula is C16H16N3O. The van der Waals surface area contributed by atoms with Gasteiger partial charge in [-0.05, 0) is 41.3 Å². The Balaban J connectivity index is 2.17. The number of phenolic OH excluding ortho intramolecular Hbond substituents is 1. The van der Waals surface area contributed by atoms with E-state index in [4.69, 9.17) is 0 Å². The lowest BCUT2D eigenvalue weighted by atomic mass is 9.87. The second-order valence-corrected chi connectivity index (χ2v) is 5.85. The zero-order valence-corrected chi connectivity index (χ0v) is 11.8. The molecule has 0 saturated carbocycles. The van der Waals surface area contributed by atoms with Gasteiger partial charge in [0.25, 0.3) is 0 Å². The predicted molar refractivity (Wildman–Crippen MR) is 78.1 cm³/mol. The summed E-state index contributed by atoms with van der Waals surface area (Å²) >= 11 is 0. The van der Waals surface area contributed by atoms with Gasteiger partial charge in [0, 0.05) is 0 Å². The molecule has 1 N–H and O–H groups in total. The van der Waals surface area contributed by atoms with E-state index in [9.17, 15) is 5.11 Å². The summed E-state index contributed by atoms with van der Waals surface area (Å²) in [6, 6.07) is 14.2. The van der Waals surface area contributed by atoms with Crippen molar-refractivity contribution < 1.29 is 5.11 Å². The number of hydrogen-bond donors (Lipinski definition) is 1. The smallest absolute Gasteiger partial charge is 0.143 e. The largest absolute Gasteiger partial charge is 0.506 e. The van der Waals surface area contributed by atoms with E-state index in [-0.39, 0.29) is 11.2 Å². The first-order valence-corrected chi connectivity index (χ1v) is 6.53. The molecule has 101 valence electrons. The van der Waals surface area contributed by atoms with E-state index in [0.29, 0.717) is 5.69 Å². The summed E-state index contributed by atoms with van der Waals surface area (Å²) < 4.78 is 0. The van der Waals surface area contributed by atoms with Crippen LogP contribution in [-0.4, -0.2) is 20.1 Å². The van der Waals surface area contributed by atoms with Crippen molar-refractivity contribution >= 4 is 11.0 Å². The van der Waals surface area contributed by atoms with Crippen molar-refractivity contribution in [2.24, 2.45) is 0 Å². The summed E-state index contributed by atoms with van der Waals surface area (Å²) in [5.41, 5.74) is 3.14. The van der Waals surface area contributed by atoms with Crippen LogP contribution in [0.25, 0.3) is 16.7 Å². The van der Waals surface area contributed by atoms with E-state index < -0.39 is 0 Å². The quantitative estimate of drug-likeness (QED) is 0.735. The molecule has 1 aromatic heterocycles. The number of hydrogen-bond acceptors (Lipinski definition) is 3. The molecule has 0 aliphatic rings. The first kappa shape index (κ1) is 12.7. The molecule has 1 heterocycles. The third-order valence-electron chi connectivity index (χ3n) is 3.22. The van der Waals surface area contributed by atoms with Gasteiger partial charge in [-0.1, -0.05) is 32.9 Å². The van der Waals surface area contributed by atoms with Gasteiger partial charge in [-0.3, -0.25) is 0 Å². The van der Waals surface area contributed by atoms with Crippen LogP contribution in [0.5, 0.6) is 5.75 Å². The van der Waals surface area contributed by atoms with Crippen molar-refractivity contribution in [2.75, 3.05) is 0 Å². The van der Waals surface area contributed by atoms with Crippen molar-refractivity contribution in [1.82, 2.24) is 15.0 Å². The van der Waals surface area contributed by atoms with Crippen LogP contribution in [0, 0.1) is 6.07 Å². The van der Waals surface area contributed by atoms with Gasteiger partial charge in [-0.2, -0.15) is 0 Å². The molecule has 0 spiro atoms. The van der Waals surface area contributed by atoms with Gasteiger partial charge in [0.2, 0.25) is 0 Å². The molecule has 0 aliphatic carbocycles. The van der Waals surface area contributed by atoms with Crippen LogP contribution in [-0.2, 0) is 5.41 Å². The third-order valence-corrected chi connectivity index (χ3v) is 3.22. The van der Waals surface area contributed by atoms with Gasteiger partial charge in [0.05, 0.1) is 0 Å². The van der Waals surface area contributed by atoms with Crippen molar-refractivity contribution in [1.29, 1.82) is 0 Å². The minimum Gasteiger partial charge on any atom is -0.506 e. The van der Waals surface area contributed by atoms with E-state index in [2.05, 4.69) is 37.0 Å². The van der Waals surface area contributed by atoms with Crippen LogP contribution in [0.4, 0.5) is 0 Å². The number of phenols is 1. The molecule has 0 aliphatic heterocycles. The fraction of sp³-hybridized carbons (Fsp3) is 0.250. The number of rotatable bonds is 1. The van der Waals surface area contributed by atoms with Crippen molar-refractivity contribution in [3.63, 3.8) is 0 Å². The number of nitrogens with zero attached hydrogens (tertiary/aromatic N) is 3. The summed E-state index contributed by atoms with van der Waals surface area (Å²) in [6.45, 7) is 6.31. The standard InChI is InChI=1S/C16H16N3O/c1-16(2,3)11-8-9-15(20)14(10-11)19-17-12-6-4-5-7-13(12)18-19/h4-7,9-10,20H,1-3H3. The molecule has 20 heavy (non-hydrogen) atoms. The molecule has 2 aromatic carbocycles. The van der Waals surface area contributed by atoms with Gasteiger partial charge in [0.1, 0.15) is 22.5 Å². The van der Waals surface area contributed by atoms with Crippen LogP contribution >= 0.6 is 0 Å². The highest BCUT2D eigenvalue weighted by atomic mass is 16.3. The zero-order chi connectivity index (χ0) is 14.3. The first-order valence-electron chi connectivity index (χ1n) is 6.53. The number of benzene rings is 2. The zero-order valence-electron chi connectivity index (χ0n) is 11.8. The third kappa shape index (κ3) is 2.13. The average molecular weight is 266 g/mol. The summed E-state index contributed by atoms with van der Waals surface area (Å²) in [5, 5.41) is 18.8. The lowest BCUT2D eigenvalue weighted by Gasteiger charge is -2.19. The summed E-state index contributed by atoms with van der Waals surface area (Å²) in [5.74, 6) is 0.123. The van der Waals surface area contributed by atoms with Crippen LogP contribution in [0.2, 0.25) is 0 Å². The normalized spacial score (nSPS) is 11.9. The van der Waals surface area contributed by atoms with Crippen LogP contribution in [0.3, 0.4) is 0 Å². The Bertz CT molecular complexity index is 736. The van der Waals surface area contributed by atoms with E-state index in [1.54, 1.807) is 6.07 Å². The van der Waals surface area contributed by atoms with Crippen molar-refractivity contribution in [3.05, 3.63) is 48.0 Å². The summed E-state index contributed by atoms with van der Waals surface area (Å²) in [7, 11) is 0. The Labute approximate surface area is 117 Å². The first-order chi connectivity index (χ1) is 9.45. The van der Waals surface area contributed by atoms with Gasteiger partial charge in [-0.15, -0.1) is 15.0 Å². The van der Waals surface area contributed by atoms with Crippen LogP contribution in [0.15, 0.2) is 36.4 Å². The van der Waals surface area contributed by atoms with E-state index >= 15 is 0 Å². The minimum absolute atomic E-state index is 0.0466. The van der Waals surface area contributed by atoms with Gasteiger partial charge < -0.3 is 5.11 Å². The van der Waals surface area contributed by atoms with Gasteiger partial charge in [-0.25, -0.2) is 0 Å². The number of aromatic nitrogens is 3. The molecule has 0 unspecified atom stereocenters. The second-order valence-electron chi connectivity index (χ2n) is 5.85. The Hall–Kier alpha value is -2.36. The maximum absolute atomic E-state index is 10.0.